The maximum absolute atomic E-state index is 13.4. The Balaban J connectivity index is 2.08. The number of carbonyl (C=O) groups is 1. The lowest BCUT2D eigenvalue weighted by atomic mass is 10.1. The van der Waals surface area contributed by atoms with Crippen LogP contribution < -0.4 is 4.31 Å². The average molecular weight is 472 g/mol. The second-order valence-corrected chi connectivity index (χ2v) is 9.37. The van der Waals surface area contributed by atoms with E-state index in [1.165, 1.54) is 12.1 Å². The molecule has 3 aromatic rings. The summed E-state index contributed by atoms with van der Waals surface area (Å²) >= 11 is 3.34. The number of rotatable bonds is 7. The normalized spacial score (nSPS) is 11.2. The first-order valence-corrected chi connectivity index (χ1v) is 11.7. The molecule has 4 nitrogen and oxygen atoms in total. The van der Waals surface area contributed by atoms with Crippen LogP contribution in [0.1, 0.15) is 35.7 Å². The number of carbonyl (C=O) groups excluding carboxylic acids is 1. The molecule has 0 aliphatic heterocycles. The Bertz CT molecular complexity index is 1080. The molecule has 0 N–H and O–H groups in total. The van der Waals surface area contributed by atoms with Crippen molar-refractivity contribution in [3.63, 3.8) is 0 Å². The van der Waals surface area contributed by atoms with Crippen LogP contribution in [0.3, 0.4) is 0 Å². The summed E-state index contributed by atoms with van der Waals surface area (Å²) in [5.41, 5.74) is 1.72. The molecule has 3 aromatic carbocycles. The summed E-state index contributed by atoms with van der Waals surface area (Å²) < 4.78 is 28.4. The van der Waals surface area contributed by atoms with Crippen molar-refractivity contribution >= 4 is 37.5 Å². The number of halogens is 1. The van der Waals surface area contributed by atoms with Crippen molar-refractivity contribution in [2.24, 2.45) is 0 Å². The molecule has 6 heteroatoms. The van der Waals surface area contributed by atoms with E-state index in [0.717, 1.165) is 29.1 Å². The van der Waals surface area contributed by atoms with Crippen LogP contribution in [0.5, 0.6) is 0 Å². The third-order valence-electron chi connectivity index (χ3n) is 4.53. The molecule has 0 atom stereocenters. The number of anilines is 1. The van der Waals surface area contributed by atoms with Crippen molar-refractivity contribution in [3.8, 4) is 0 Å². The Labute approximate surface area is 180 Å². The minimum Gasteiger partial charge on any atom is -0.268 e. The summed E-state index contributed by atoms with van der Waals surface area (Å²) in [5.74, 6) is -0.600. The molecule has 0 saturated carbocycles. The lowest BCUT2D eigenvalue weighted by molar-refractivity contribution is 0.101. The van der Waals surface area contributed by atoms with Crippen LogP contribution in [0, 0.1) is 0 Å². The van der Waals surface area contributed by atoms with Crippen molar-refractivity contribution < 1.29 is 13.2 Å². The highest BCUT2D eigenvalue weighted by molar-refractivity contribution is 9.10. The highest BCUT2D eigenvalue weighted by Gasteiger charge is 2.31. The SMILES string of the molecule is CCCCc1ccc(N(C(=O)c2cccc(Br)c2)S(=O)(=O)c2ccccc2)cc1. The van der Waals surface area contributed by atoms with Crippen molar-refractivity contribution in [1.29, 1.82) is 0 Å². The molecule has 0 aliphatic rings. The van der Waals surface area contributed by atoms with Gasteiger partial charge in [-0.05, 0) is 60.9 Å². The van der Waals surface area contributed by atoms with Crippen LogP contribution in [0.15, 0.2) is 88.2 Å². The molecule has 0 spiro atoms. The van der Waals surface area contributed by atoms with Gasteiger partial charge in [0.05, 0.1) is 10.6 Å². The van der Waals surface area contributed by atoms with Gasteiger partial charge in [0.1, 0.15) is 0 Å². The number of benzene rings is 3. The minimum absolute atomic E-state index is 0.0680. The van der Waals surface area contributed by atoms with E-state index in [2.05, 4.69) is 22.9 Å². The van der Waals surface area contributed by atoms with E-state index >= 15 is 0 Å². The molecule has 0 radical (unpaired) electrons. The van der Waals surface area contributed by atoms with Crippen LogP contribution in [-0.2, 0) is 16.4 Å². The largest absolute Gasteiger partial charge is 0.272 e. The summed E-state index contributed by atoms with van der Waals surface area (Å²) in [6.07, 6.45) is 3.06. The lowest BCUT2D eigenvalue weighted by Crippen LogP contribution is -2.37. The number of unbranched alkanes of at least 4 members (excludes halogenated alkanes) is 1. The smallest absolute Gasteiger partial charge is 0.268 e. The molecule has 29 heavy (non-hydrogen) atoms. The lowest BCUT2D eigenvalue weighted by Gasteiger charge is -2.23. The van der Waals surface area contributed by atoms with E-state index in [1.54, 1.807) is 54.6 Å². The van der Waals surface area contributed by atoms with E-state index in [9.17, 15) is 13.2 Å². The number of amides is 1. The van der Waals surface area contributed by atoms with Crippen LogP contribution in [0.25, 0.3) is 0 Å². The zero-order chi connectivity index (χ0) is 20.9. The first-order valence-electron chi connectivity index (χ1n) is 9.42. The van der Waals surface area contributed by atoms with Gasteiger partial charge in [-0.25, -0.2) is 8.42 Å². The maximum Gasteiger partial charge on any atom is 0.272 e. The van der Waals surface area contributed by atoms with Gasteiger partial charge in [-0.2, -0.15) is 4.31 Å². The monoisotopic (exact) mass is 471 g/mol. The predicted molar refractivity (Wildman–Crippen MR) is 120 cm³/mol. The second-order valence-electron chi connectivity index (χ2n) is 6.67. The van der Waals surface area contributed by atoms with E-state index < -0.39 is 15.9 Å². The van der Waals surface area contributed by atoms with Gasteiger partial charge in [0.2, 0.25) is 0 Å². The van der Waals surface area contributed by atoms with Gasteiger partial charge >= 0.3 is 0 Å². The molecule has 0 saturated heterocycles. The Morgan fingerprint density at radius 3 is 2.24 bits per heavy atom. The molecule has 0 bridgehead atoms. The summed E-state index contributed by atoms with van der Waals surface area (Å²) in [6.45, 7) is 2.12. The second kappa shape index (κ2) is 9.37. The molecular formula is C23H22BrNO3S. The molecule has 0 fully saturated rings. The molecule has 150 valence electrons. The van der Waals surface area contributed by atoms with Crippen molar-refractivity contribution in [2.45, 2.75) is 31.1 Å². The molecule has 1 amide bonds. The van der Waals surface area contributed by atoms with E-state index in [-0.39, 0.29) is 10.5 Å². The Kier molecular flexibility index (Phi) is 6.87. The summed E-state index contributed by atoms with van der Waals surface area (Å²) in [6, 6.07) is 21.9. The number of hydrogen-bond donors (Lipinski definition) is 0. The number of hydrogen-bond acceptors (Lipinski definition) is 3. The fourth-order valence-electron chi connectivity index (χ4n) is 2.98. The molecular weight excluding hydrogens is 450 g/mol. The Morgan fingerprint density at radius 2 is 1.62 bits per heavy atom. The summed E-state index contributed by atoms with van der Waals surface area (Å²) in [5, 5.41) is 0. The topological polar surface area (TPSA) is 54.5 Å². The van der Waals surface area contributed by atoms with Gasteiger partial charge in [-0.3, -0.25) is 4.79 Å². The number of aryl methyl sites for hydroxylation is 1. The van der Waals surface area contributed by atoms with Crippen LogP contribution in [-0.4, -0.2) is 14.3 Å². The van der Waals surface area contributed by atoms with Gasteiger partial charge in [-0.15, -0.1) is 0 Å². The maximum atomic E-state index is 13.4. The van der Waals surface area contributed by atoms with Crippen molar-refractivity contribution in [1.82, 2.24) is 0 Å². The first kappa shape index (κ1) is 21.3. The summed E-state index contributed by atoms with van der Waals surface area (Å²) in [7, 11) is -4.08. The molecule has 0 aromatic heterocycles. The highest BCUT2D eigenvalue weighted by Crippen LogP contribution is 2.27. The van der Waals surface area contributed by atoms with Gasteiger partial charge in [-0.1, -0.05) is 65.7 Å². The van der Waals surface area contributed by atoms with E-state index in [0.29, 0.717) is 10.2 Å². The molecule has 0 aliphatic carbocycles. The van der Waals surface area contributed by atoms with Gasteiger partial charge < -0.3 is 0 Å². The number of sulfonamides is 1. The highest BCUT2D eigenvalue weighted by atomic mass is 79.9. The third-order valence-corrected chi connectivity index (χ3v) is 6.75. The number of nitrogens with zero attached hydrogens (tertiary/aromatic N) is 1. The van der Waals surface area contributed by atoms with E-state index in [4.69, 9.17) is 0 Å². The zero-order valence-corrected chi connectivity index (χ0v) is 18.5. The zero-order valence-electron chi connectivity index (χ0n) is 16.1. The van der Waals surface area contributed by atoms with Crippen molar-refractivity contribution in [2.75, 3.05) is 4.31 Å². The quantitative estimate of drug-likeness (QED) is 0.435. The van der Waals surface area contributed by atoms with Gasteiger partial charge in [0, 0.05) is 10.0 Å². The van der Waals surface area contributed by atoms with Crippen LogP contribution in [0.2, 0.25) is 0 Å². The average Bonchev–Trinajstić information content (AvgIpc) is 2.74. The van der Waals surface area contributed by atoms with Gasteiger partial charge in [0.25, 0.3) is 15.9 Å². The predicted octanol–water partition coefficient (Wildman–Crippen LogP) is 5.83. The standard InChI is InChI=1S/C23H22BrNO3S/c1-2-3-8-18-13-15-21(16-14-18)25(23(26)19-9-7-10-20(24)17-19)29(27,28)22-11-5-4-6-12-22/h4-7,9-17H,2-3,8H2,1H3. The van der Waals surface area contributed by atoms with Crippen molar-refractivity contribution in [3.05, 3.63) is 94.5 Å². The van der Waals surface area contributed by atoms with E-state index in [1.807, 2.05) is 12.1 Å². The Morgan fingerprint density at radius 1 is 0.931 bits per heavy atom. The molecule has 0 heterocycles. The van der Waals surface area contributed by atoms with Gasteiger partial charge in [0.15, 0.2) is 0 Å². The van der Waals surface area contributed by atoms with Crippen LogP contribution in [0.4, 0.5) is 5.69 Å². The summed E-state index contributed by atoms with van der Waals surface area (Å²) in [4.78, 5) is 13.4. The third kappa shape index (κ3) is 4.95. The Hall–Kier alpha value is -2.44. The minimum atomic E-state index is -4.08. The first-order chi connectivity index (χ1) is 13.9. The molecule has 0 unspecified atom stereocenters. The van der Waals surface area contributed by atoms with Crippen LogP contribution >= 0.6 is 15.9 Å². The fourth-order valence-corrected chi connectivity index (χ4v) is 4.81. The fraction of sp³-hybridized carbons (Fsp3) is 0.174. The molecule has 3 rings (SSSR count).